The fourth-order valence-corrected chi connectivity index (χ4v) is 1.48. The molecule has 0 unspecified atom stereocenters. The fraction of sp³-hybridized carbons (Fsp3) is 0.583. The molecule has 0 atom stereocenters. The summed E-state index contributed by atoms with van der Waals surface area (Å²) in [4.78, 5) is 4.28. The largest absolute Gasteiger partial charge is 0.379 e. The highest BCUT2D eigenvalue weighted by Crippen LogP contribution is 2.06. The van der Waals surface area contributed by atoms with Crippen molar-refractivity contribution in [2.45, 2.75) is 32.9 Å². The summed E-state index contributed by atoms with van der Waals surface area (Å²) in [5, 5.41) is 3.34. The molecule has 0 saturated carbocycles. The van der Waals surface area contributed by atoms with Crippen LogP contribution >= 0.6 is 15.9 Å². The van der Waals surface area contributed by atoms with Crippen molar-refractivity contribution in [3.8, 4) is 0 Å². The summed E-state index contributed by atoms with van der Waals surface area (Å²) in [5.74, 6) is 0. The molecule has 90 valence electrons. The molecular formula is C12H19BrN2O. The van der Waals surface area contributed by atoms with Gasteiger partial charge in [0.25, 0.3) is 0 Å². The van der Waals surface area contributed by atoms with Crippen molar-refractivity contribution < 1.29 is 4.74 Å². The van der Waals surface area contributed by atoms with Crippen molar-refractivity contribution in [2.24, 2.45) is 0 Å². The van der Waals surface area contributed by atoms with E-state index in [1.807, 2.05) is 18.3 Å². The van der Waals surface area contributed by atoms with Gasteiger partial charge in [0.1, 0.15) is 0 Å². The van der Waals surface area contributed by atoms with Crippen LogP contribution in [0.3, 0.4) is 0 Å². The number of ether oxygens (including phenoxy) is 1. The minimum absolute atomic E-state index is 0.327. The number of rotatable bonds is 7. The molecule has 1 aromatic rings. The zero-order valence-electron chi connectivity index (χ0n) is 9.87. The zero-order chi connectivity index (χ0) is 11.8. The van der Waals surface area contributed by atoms with Crippen molar-refractivity contribution in [2.75, 3.05) is 13.2 Å². The number of nitrogens with one attached hydrogen (secondary N) is 1. The molecule has 3 nitrogen and oxygen atoms in total. The smallest absolute Gasteiger partial charge is 0.0542 e. The van der Waals surface area contributed by atoms with Crippen molar-refractivity contribution >= 4 is 15.9 Å². The van der Waals surface area contributed by atoms with Gasteiger partial charge in [0.15, 0.2) is 0 Å². The molecule has 0 aliphatic heterocycles. The van der Waals surface area contributed by atoms with Crippen LogP contribution < -0.4 is 5.32 Å². The second-order valence-corrected chi connectivity index (χ2v) is 4.83. The second-order valence-electron chi connectivity index (χ2n) is 3.92. The predicted molar refractivity (Wildman–Crippen MR) is 69.3 cm³/mol. The second kappa shape index (κ2) is 7.76. The van der Waals surface area contributed by atoms with E-state index < -0.39 is 0 Å². The number of halogens is 1. The summed E-state index contributed by atoms with van der Waals surface area (Å²) in [6, 6.07) is 4.02. The Labute approximate surface area is 106 Å². The standard InChI is InChI=1S/C12H19BrN2O/c1-10(2)16-7-3-6-14-9-12-5-4-11(13)8-15-12/h4-5,8,10,14H,3,6-7,9H2,1-2H3. The molecule has 0 aliphatic rings. The lowest BCUT2D eigenvalue weighted by Crippen LogP contribution is -2.17. The minimum Gasteiger partial charge on any atom is -0.379 e. The van der Waals surface area contributed by atoms with Gasteiger partial charge in [-0.15, -0.1) is 0 Å². The average molecular weight is 287 g/mol. The van der Waals surface area contributed by atoms with Gasteiger partial charge in [-0.25, -0.2) is 0 Å². The molecule has 0 aromatic carbocycles. The summed E-state index contributed by atoms with van der Waals surface area (Å²) in [6.45, 7) is 6.70. The molecule has 1 N–H and O–H groups in total. The van der Waals surface area contributed by atoms with Crippen molar-refractivity contribution in [1.82, 2.24) is 10.3 Å². The Kier molecular flexibility index (Phi) is 6.61. The van der Waals surface area contributed by atoms with Gasteiger partial charge in [0, 0.05) is 23.8 Å². The van der Waals surface area contributed by atoms with Gasteiger partial charge < -0.3 is 10.1 Å². The quantitative estimate of drug-likeness (QED) is 0.783. The van der Waals surface area contributed by atoms with E-state index in [2.05, 4.69) is 40.1 Å². The number of nitrogens with zero attached hydrogens (tertiary/aromatic N) is 1. The third-order valence-electron chi connectivity index (χ3n) is 2.04. The normalized spacial score (nSPS) is 11.0. The van der Waals surface area contributed by atoms with E-state index in [0.29, 0.717) is 6.10 Å². The summed E-state index contributed by atoms with van der Waals surface area (Å²) < 4.78 is 6.46. The Morgan fingerprint density at radius 3 is 2.88 bits per heavy atom. The summed E-state index contributed by atoms with van der Waals surface area (Å²) in [5.41, 5.74) is 1.06. The maximum absolute atomic E-state index is 5.45. The van der Waals surface area contributed by atoms with Crippen molar-refractivity contribution in [1.29, 1.82) is 0 Å². The molecular weight excluding hydrogens is 268 g/mol. The Balaban J connectivity index is 2.05. The van der Waals surface area contributed by atoms with Crippen LogP contribution in [0, 0.1) is 0 Å². The highest BCUT2D eigenvalue weighted by atomic mass is 79.9. The average Bonchev–Trinajstić information content (AvgIpc) is 2.25. The first kappa shape index (κ1) is 13.6. The molecule has 1 rings (SSSR count). The lowest BCUT2D eigenvalue weighted by atomic mass is 10.3. The third-order valence-corrected chi connectivity index (χ3v) is 2.51. The Hall–Kier alpha value is -0.450. The van der Waals surface area contributed by atoms with Crippen LogP contribution in [0.15, 0.2) is 22.8 Å². The van der Waals surface area contributed by atoms with Crippen LogP contribution in [0.5, 0.6) is 0 Å². The zero-order valence-corrected chi connectivity index (χ0v) is 11.5. The van der Waals surface area contributed by atoms with Crippen LogP contribution in [0.2, 0.25) is 0 Å². The molecule has 1 aromatic heterocycles. The molecule has 4 heteroatoms. The van der Waals surface area contributed by atoms with Crippen LogP contribution in [0.25, 0.3) is 0 Å². The van der Waals surface area contributed by atoms with Gasteiger partial charge in [-0.1, -0.05) is 0 Å². The maximum Gasteiger partial charge on any atom is 0.0542 e. The fourth-order valence-electron chi connectivity index (χ4n) is 1.24. The van der Waals surface area contributed by atoms with E-state index in [-0.39, 0.29) is 0 Å². The van der Waals surface area contributed by atoms with Gasteiger partial charge in [-0.05, 0) is 54.9 Å². The molecule has 0 aliphatic carbocycles. The van der Waals surface area contributed by atoms with Crippen LogP contribution in [0.1, 0.15) is 26.0 Å². The first-order valence-electron chi connectivity index (χ1n) is 5.61. The molecule has 0 spiro atoms. The topological polar surface area (TPSA) is 34.1 Å². The predicted octanol–water partition coefficient (Wildman–Crippen LogP) is 2.75. The van der Waals surface area contributed by atoms with Gasteiger partial charge in [-0.2, -0.15) is 0 Å². The van der Waals surface area contributed by atoms with Crippen LogP contribution in [-0.4, -0.2) is 24.2 Å². The van der Waals surface area contributed by atoms with E-state index in [1.165, 1.54) is 0 Å². The van der Waals surface area contributed by atoms with E-state index in [1.54, 1.807) is 0 Å². The highest BCUT2D eigenvalue weighted by Gasteiger charge is 1.95. The SMILES string of the molecule is CC(C)OCCCNCc1ccc(Br)cn1. The lowest BCUT2D eigenvalue weighted by molar-refractivity contribution is 0.0770. The molecule has 1 heterocycles. The molecule has 0 fully saturated rings. The highest BCUT2D eigenvalue weighted by molar-refractivity contribution is 9.10. The summed E-state index contributed by atoms with van der Waals surface area (Å²) >= 11 is 3.36. The summed E-state index contributed by atoms with van der Waals surface area (Å²) in [6.07, 6.45) is 3.18. The molecule has 0 bridgehead atoms. The van der Waals surface area contributed by atoms with Crippen LogP contribution in [-0.2, 0) is 11.3 Å². The Bertz CT molecular complexity index is 288. The van der Waals surface area contributed by atoms with Gasteiger partial charge in [-0.3, -0.25) is 4.98 Å². The maximum atomic E-state index is 5.45. The molecule has 0 radical (unpaired) electrons. The number of hydrogen-bond acceptors (Lipinski definition) is 3. The molecule has 16 heavy (non-hydrogen) atoms. The Morgan fingerprint density at radius 2 is 2.25 bits per heavy atom. The molecule has 0 amide bonds. The minimum atomic E-state index is 0.327. The van der Waals surface area contributed by atoms with Crippen LogP contribution in [0.4, 0.5) is 0 Å². The van der Waals surface area contributed by atoms with Crippen molar-refractivity contribution in [3.05, 3.63) is 28.5 Å². The Morgan fingerprint density at radius 1 is 1.44 bits per heavy atom. The van der Waals surface area contributed by atoms with Crippen molar-refractivity contribution in [3.63, 3.8) is 0 Å². The van der Waals surface area contributed by atoms with E-state index in [4.69, 9.17) is 4.74 Å². The number of pyridine rings is 1. The molecule has 0 saturated heterocycles. The summed E-state index contributed by atoms with van der Waals surface area (Å²) in [7, 11) is 0. The van der Waals surface area contributed by atoms with Gasteiger partial charge in [0.05, 0.1) is 11.8 Å². The van der Waals surface area contributed by atoms with Gasteiger partial charge in [0.2, 0.25) is 0 Å². The third kappa shape index (κ3) is 6.20. The number of aromatic nitrogens is 1. The van der Waals surface area contributed by atoms with E-state index in [0.717, 1.165) is 36.3 Å². The monoisotopic (exact) mass is 286 g/mol. The van der Waals surface area contributed by atoms with Gasteiger partial charge >= 0.3 is 0 Å². The van der Waals surface area contributed by atoms with E-state index in [9.17, 15) is 0 Å². The first-order valence-corrected chi connectivity index (χ1v) is 6.40. The number of hydrogen-bond donors (Lipinski definition) is 1. The first-order chi connectivity index (χ1) is 7.68. The van der Waals surface area contributed by atoms with E-state index >= 15 is 0 Å². The lowest BCUT2D eigenvalue weighted by Gasteiger charge is -2.07.